The summed E-state index contributed by atoms with van der Waals surface area (Å²) < 4.78 is 15.4. The lowest BCUT2D eigenvalue weighted by Gasteiger charge is -2.26. The molecule has 0 atom stereocenters. The van der Waals surface area contributed by atoms with Crippen molar-refractivity contribution in [1.82, 2.24) is 31.2 Å². The van der Waals surface area contributed by atoms with Gasteiger partial charge in [0.1, 0.15) is 29.8 Å². The van der Waals surface area contributed by atoms with Crippen molar-refractivity contribution in [1.29, 1.82) is 0 Å². The number of aliphatic carboxylic acids is 1. The van der Waals surface area contributed by atoms with Gasteiger partial charge in [-0.25, -0.2) is 34.4 Å². The highest BCUT2D eigenvalue weighted by Crippen LogP contribution is 2.48. The fourth-order valence-corrected chi connectivity index (χ4v) is 12.0. The third-order valence-electron chi connectivity index (χ3n) is 17.9. The number of carboxylic acid groups (broad SMARTS) is 1. The Bertz CT molecular complexity index is 4260. The number of ketones is 1. The number of fused-ring (bicyclic) bond motifs is 2. The van der Waals surface area contributed by atoms with E-state index in [2.05, 4.69) is 138 Å². The van der Waals surface area contributed by atoms with Gasteiger partial charge in [-0.2, -0.15) is 4.58 Å². The highest BCUT2D eigenvalue weighted by molar-refractivity contribution is 7.94. The molecule has 0 saturated heterocycles. The third-order valence-corrected chi connectivity index (χ3v) is 19.0. The Labute approximate surface area is 592 Å². The molecule has 15 rings (SSSR count). The Morgan fingerprint density at radius 2 is 0.931 bits per heavy atom. The maximum Gasteiger partial charge on any atom is 0.370 e. The molecule has 0 saturated carbocycles. The Morgan fingerprint density at radius 3 is 1.28 bits per heavy atom. The number of allylic oxidation sites excluding steroid dienone is 7. The zero-order valence-electron chi connectivity index (χ0n) is 56.9. The average molecular weight is 1400 g/mol. The van der Waals surface area contributed by atoms with Gasteiger partial charge in [-0.1, -0.05) is 114 Å². The van der Waals surface area contributed by atoms with E-state index < -0.39 is 29.6 Å². The van der Waals surface area contributed by atoms with Crippen LogP contribution < -0.4 is 26.4 Å². The van der Waals surface area contributed by atoms with Crippen molar-refractivity contribution in [3.63, 3.8) is 0 Å². The van der Waals surface area contributed by atoms with Gasteiger partial charge in [-0.05, 0) is 129 Å². The van der Waals surface area contributed by atoms with Crippen LogP contribution in [0.5, 0.6) is 0 Å². The molecule has 5 aromatic carbocycles. The van der Waals surface area contributed by atoms with Gasteiger partial charge in [0, 0.05) is 102 Å². The summed E-state index contributed by atoms with van der Waals surface area (Å²) in [5.74, 6) is -2.76. The van der Waals surface area contributed by atoms with E-state index in [1.807, 2.05) is 121 Å². The van der Waals surface area contributed by atoms with Crippen LogP contribution in [-0.4, -0.2) is 105 Å². The summed E-state index contributed by atoms with van der Waals surface area (Å²) >= 11 is 1.85. The van der Waals surface area contributed by atoms with Gasteiger partial charge in [-0.3, -0.25) is 24.0 Å². The van der Waals surface area contributed by atoms with Gasteiger partial charge in [0.05, 0.1) is 34.9 Å². The molecule has 6 aliphatic heterocycles. The van der Waals surface area contributed by atoms with Crippen LogP contribution in [0.2, 0.25) is 0 Å². The van der Waals surface area contributed by atoms with Gasteiger partial charge in [-0.15, -0.1) is 8.67 Å². The van der Waals surface area contributed by atoms with Crippen molar-refractivity contribution in [2.24, 2.45) is 0 Å². The summed E-state index contributed by atoms with van der Waals surface area (Å²) in [6.45, 7) is 24.2. The molecule has 23 nitrogen and oxygen atoms in total. The number of hydrogen-bond donors (Lipinski definition) is 7. The van der Waals surface area contributed by atoms with Crippen molar-refractivity contribution in [3.05, 3.63) is 273 Å². The number of carboxylic acids is 1. The zero-order valence-corrected chi connectivity index (χ0v) is 58.5. The second kappa shape index (κ2) is 33.5. The van der Waals surface area contributed by atoms with Crippen molar-refractivity contribution in [3.8, 4) is 0 Å². The Balaban J connectivity index is 0.000000172. The number of benzene rings is 5. The number of carbonyl (C=O) groups excluding carboxylic acids is 5. The molecule has 8 aliphatic rings. The van der Waals surface area contributed by atoms with Gasteiger partial charge in [0.2, 0.25) is 23.6 Å². The Hall–Kier alpha value is -10.6. The van der Waals surface area contributed by atoms with Gasteiger partial charge in [0.15, 0.2) is 30.3 Å². The first kappa shape index (κ1) is 74.6. The van der Waals surface area contributed by atoms with E-state index in [0.29, 0.717) is 18.7 Å². The van der Waals surface area contributed by atoms with Crippen molar-refractivity contribution < 1.29 is 82.0 Å². The second-order valence-corrected chi connectivity index (χ2v) is 26.6. The summed E-state index contributed by atoms with van der Waals surface area (Å²) in [7, 11) is 2.11. The minimum atomic E-state index is -0.799. The highest BCUT2D eigenvalue weighted by atomic mass is 32.2. The lowest BCUT2D eigenvalue weighted by atomic mass is 9.78. The molecule has 8 bridgehead atoms. The van der Waals surface area contributed by atoms with E-state index in [1.165, 1.54) is 29.4 Å². The van der Waals surface area contributed by atoms with Gasteiger partial charge in [0.25, 0.3) is 23.6 Å². The number of aromatic nitrogens is 2. The van der Waals surface area contributed by atoms with E-state index in [-0.39, 0.29) is 83.4 Å². The quantitative estimate of drug-likeness (QED) is 0.0197. The molecular weight excluding hydrogens is 1330 g/mol. The number of hydrogen-bond acceptors (Lipinski definition) is 17. The molecule has 25 heteroatoms. The van der Waals surface area contributed by atoms with Crippen molar-refractivity contribution in [2.75, 3.05) is 13.6 Å². The Kier molecular flexibility index (Phi) is 24.7. The number of Topliss-reactive ketones (excluding diaryl/α,β-unsaturated/α-hetero) is 1. The SMILES string of the molecule is C=C1C(=O)C(C)=C1[O-].C=C1C=CC(=[N+](Cc2ccc(SOOO)cc2)Cc2ccc(SOOO)cc2)C=C1.CC1=[N+](C)c2cc3c(cc2C1(C)C)[N+](CC(=O)O)=C(C)C3(C)C.O=C1NCc2ccc(cc2)CNC(=O)c2cccc(n2)C(=O)NCc2ccc(cc2)CNC(=O)c2cccc1n2. The minimum absolute atomic E-state index is 0.0139. The molecule has 8 heterocycles. The maximum atomic E-state index is 12.7. The molecule has 0 spiro atoms. The average Bonchev–Trinajstić information content (AvgIpc) is 1.56. The number of nitrogens with zero attached hydrogens (tertiary/aromatic N) is 5. The Morgan fingerprint density at radius 1 is 0.564 bits per heavy atom. The van der Waals surface area contributed by atoms with Crippen LogP contribution in [0, 0.1) is 0 Å². The summed E-state index contributed by atoms with van der Waals surface area (Å²) in [5.41, 5.74) is 15.7. The van der Waals surface area contributed by atoms with E-state index in [0.717, 1.165) is 89.9 Å². The predicted molar refractivity (Wildman–Crippen MR) is 379 cm³/mol. The molecule has 7 aromatic rings. The number of carbonyl (C=O) groups is 6. The zero-order chi connectivity index (χ0) is 72.7. The summed E-state index contributed by atoms with van der Waals surface area (Å²) in [5, 5.41) is 54.7. The molecule has 2 aliphatic carbocycles. The normalized spacial score (nSPS) is 15.9. The largest absolute Gasteiger partial charge is 0.872 e. The summed E-state index contributed by atoms with van der Waals surface area (Å²) in [6.07, 6.45) is 8.08. The lowest BCUT2D eigenvalue weighted by molar-refractivity contribution is -0.558. The van der Waals surface area contributed by atoms with E-state index >= 15 is 0 Å². The predicted octanol–water partition coefficient (Wildman–Crippen LogP) is 10.8. The molecule has 7 N–H and O–H groups in total. The van der Waals surface area contributed by atoms with Crippen LogP contribution in [0.1, 0.15) is 135 Å². The molecule has 2 aromatic heterocycles. The minimum Gasteiger partial charge on any atom is -0.872 e. The third kappa shape index (κ3) is 18.6. The molecule has 0 unspecified atom stereocenters. The topological polar surface area (TPSA) is 306 Å². The molecule has 0 radical (unpaired) electrons. The number of pyridine rings is 2. The van der Waals surface area contributed by atoms with Crippen LogP contribution in [0.15, 0.2) is 215 Å². The molecule has 520 valence electrons. The highest BCUT2D eigenvalue weighted by Gasteiger charge is 2.49. The molecule has 101 heavy (non-hydrogen) atoms. The summed E-state index contributed by atoms with van der Waals surface area (Å²) in [4.78, 5) is 82.5. The monoisotopic (exact) mass is 1400 g/mol. The van der Waals surface area contributed by atoms with Gasteiger partial charge >= 0.3 is 5.97 Å². The van der Waals surface area contributed by atoms with Crippen LogP contribution in [0.4, 0.5) is 11.4 Å². The first-order valence-electron chi connectivity index (χ1n) is 31.8. The van der Waals surface area contributed by atoms with E-state index in [9.17, 15) is 39.0 Å². The molecule has 0 fully saturated rings. The second-order valence-electron chi connectivity index (χ2n) is 25.1. The smallest absolute Gasteiger partial charge is 0.370 e. The molecular formula is C76H77N9O14S2+2. The van der Waals surface area contributed by atoms with E-state index in [4.69, 9.17) is 10.5 Å². The number of rotatable bonds is 12. The van der Waals surface area contributed by atoms with E-state index in [1.54, 1.807) is 36.4 Å². The first-order chi connectivity index (χ1) is 48.2. The fraction of sp³-hybridized carbons (Fsp3) is 0.224. The standard InChI is InChI=1S/C30H26N6O4.C21H19NO6S2.C19H25N2O2.C6H6O2/c37-27-23-3-1-4-24(35-23)28(38)32-16-20-9-13-22(14-10-20)18-34-30(40)26-6-2-5-25(36-26)29(39)33-17-21-11-7-19(8-12-21)15-31-27;1-16-2-8-19(9-3-16)22(14-17-4-10-20(11-5-17)29-27-25-23)15-18-6-12-21(13-7-18)30-28-26-24;1-11-18(3,4)13-9-16-14(8-15(13)20(11)7)19(5,6)12(2)21(16)10-17(22)23;1-3-5(7)4(2)6(3)8/h1-14H,15-18H2,(H,31,37)(H,32,38)(H,33,39)(H,34,40);2-13H,1,14-15H2,(H-,23,24);8-9H,10H2,1-7H3;7H,1H2,2H3/q;;+1;/p+1. The van der Waals surface area contributed by atoms with Crippen molar-refractivity contribution in [2.45, 2.75) is 108 Å². The fourth-order valence-electron chi connectivity index (χ4n) is 11.3. The van der Waals surface area contributed by atoms with Crippen molar-refractivity contribution >= 4 is 88.0 Å². The van der Waals surface area contributed by atoms with Crippen LogP contribution >= 0.6 is 24.1 Å². The number of nitrogens with one attached hydrogen (secondary N) is 4. The maximum absolute atomic E-state index is 12.7. The lowest BCUT2D eigenvalue weighted by Crippen LogP contribution is -2.28. The molecule has 4 amide bonds. The first-order valence-corrected chi connectivity index (χ1v) is 33.3. The van der Waals surface area contributed by atoms with Crippen LogP contribution in [0.25, 0.3) is 0 Å². The summed E-state index contributed by atoms with van der Waals surface area (Å²) in [6, 6.07) is 44.2. The van der Waals surface area contributed by atoms with Crippen LogP contribution in [0.3, 0.4) is 0 Å². The number of amides is 4. The van der Waals surface area contributed by atoms with Gasteiger partial charge < -0.3 is 31.5 Å². The van der Waals surface area contributed by atoms with Crippen LogP contribution in [-0.2, 0) is 78.4 Å².